The second-order valence-electron chi connectivity index (χ2n) is 4.33. The number of rotatable bonds is 8. The first kappa shape index (κ1) is 14.5. The maximum Gasteiger partial charge on any atom is 0.169 e. The summed E-state index contributed by atoms with van der Waals surface area (Å²) in [5, 5.41) is 3.19. The number of benzene rings is 1. The second kappa shape index (κ2) is 7.62. The summed E-state index contributed by atoms with van der Waals surface area (Å²) in [7, 11) is 1.66. The van der Waals surface area contributed by atoms with Gasteiger partial charge in [-0.05, 0) is 18.6 Å². The Labute approximate surface area is 118 Å². The Balaban J connectivity index is 1.82. The van der Waals surface area contributed by atoms with E-state index < -0.39 is 0 Å². The maximum absolute atomic E-state index is 5.88. The molecule has 1 aromatic heterocycles. The van der Waals surface area contributed by atoms with E-state index in [1.807, 2.05) is 24.3 Å². The lowest BCUT2D eigenvalue weighted by Gasteiger charge is -2.09. The number of aromatic nitrogens is 2. The van der Waals surface area contributed by atoms with Gasteiger partial charge in [0, 0.05) is 20.3 Å². The van der Waals surface area contributed by atoms with Crippen LogP contribution in [-0.4, -0.2) is 43.4 Å². The highest BCUT2D eigenvalue weighted by Crippen LogP contribution is 2.17. The number of para-hydroxylation sites is 2. The van der Waals surface area contributed by atoms with E-state index in [1.54, 1.807) is 7.11 Å². The van der Waals surface area contributed by atoms with E-state index >= 15 is 0 Å². The van der Waals surface area contributed by atoms with Gasteiger partial charge in [0.15, 0.2) is 11.6 Å². The Morgan fingerprint density at radius 2 is 1.85 bits per heavy atom. The van der Waals surface area contributed by atoms with Crippen LogP contribution in [0, 0.1) is 0 Å². The van der Waals surface area contributed by atoms with E-state index in [1.165, 1.54) is 0 Å². The highest BCUT2D eigenvalue weighted by atomic mass is 16.5. The first-order valence-corrected chi connectivity index (χ1v) is 6.64. The van der Waals surface area contributed by atoms with Crippen molar-refractivity contribution in [3.8, 4) is 0 Å². The zero-order chi connectivity index (χ0) is 14.2. The highest BCUT2D eigenvalue weighted by molar-refractivity contribution is 5.79. The van der Waals surface area contributed by atoms with Crippen molar-refractivity contribution >= 4 is 22.7 Å². The van der Waals surface area contributed by atoms with Crippen molar-refractivity contribution in [3.63, 3.8) is 0 Å². The van der Waals surface area contributed by atoms with E-state index in [0.717, 1.165) is 24.0 Å². The molecule has 2 rings (SSSR count). The molecular formula is C14H20N4O2. The van der Waals surface area contributed by atoms with Gasteiger partial charge in [-0.15, -0.1) is 0 Å². The molecule has 2 aromatic rings. The lowest BCUT2D eigenvalue weighted by atomic mass is 10.3. The van der Waals surface area contributed by atoms with Crippen molar-refractivity contribution in [1.82, 2.24) is 9.97 Å². The van der Waals surface area contributed by atoms with Gasteiger partial charge in [-0.2, -0.15) is 0 Å². The Morgan fingerprint density at radius 1 is 1.10 bits per heavy atom. The Morgan fingerprint density at radius 3 is 2.60 bits per heavy atom. The third kappa shape index (κ3) is 4.04. The number of nitrogens with zero attached hydrogens (tertiary/aromatic N) is 2. The smallest absolute Gasteiger partial charge is 0.169 e. The lowest BCUT2D eigenvalue weighted by Crippen LogP contribution is -2.11. The first-order chi connectivity index (χ1) is 9.81. The summed E-state index contributed by atoms with van der Waals surface area (Å²) in [6.07, 6.45) is 0.873. The second-order valence-corrected chi connectivity index (χ2v) is 4.33. The number of nitrogen functional groups attached to an aromatic ring is 1. The molecule has 0 unspecified atom stereocenters. The molecule has 0 saturated heterocycles. The van der Waals surface area contributed by atoms with Gasteiger partial charge in [-0.25, -0.2) is 9.97 Å². The molecule has 20 heavy (non-hydrogen) atoms. The summed E-state index contributed by atoms with van der Waals surface area (Å²) >= 11 is 0. The third-order valence-electron chi connectivity index (χ3n) is 2.79. The number of hydrogen-bond donors (Lipinski definition) is 2. The number of fused-ring (bicyclic) bond motifs is 1. The molecule has 0 atom stereocenters. The highest BCUT2D eigenvalue weighted by Gasteiger charge is 2.04. The summed E-state index contributed by atoms with van der Waals surface area (Å²) in [4.78, 5) is 8.78. The normalized spacial score (nSPS) is 10.8. The van der Waals surface area contributed by atoms with Crippen molar-refractivity contribution in [1.29, 1.82) is 0 Å². The van der Waals surface area contributed by atoms with E-state index in [0.29, 0.717) is 31.5 Å². The Bertz CT molecular complexity index is 548. The summed E-state index contributed by atoms with van der Waals surface area (Å²) in [5.74, 6) is 1.05. The minimum Gasteiger partial charge on any atom is -0.382 e. The summed E-state index contributed by atoms with van der Waals surface area (Å²) < 4.78 is 10.3. The number of nitrogens with one attached hydrogen (secondary N) is 1. The largest absolute Gasteiger partial charge is 0.382 e. The van der Waals surface area contributed by atoms with Crippen LogP contribution in [0.1, 0.15) is 6.42 Å². The van der Waals surface area contributed by atoms with Crippen LogP contribution >= 0.6 is 0 Å². The van der Waals surface area contributed by atoms with Gasteiger partial charge in [-0.1, -0.05) is 12.1 Å². The Hall–Kier alpha value is -1.92. The monoisotopic (exact) mass is 276 g/mol. The number of nitrogens with two attached hydrogens (primary N) is 1. The number of methoxy groups -OCH3 is 1. The van der Waals surface area contributed by atoms with Crippen LogP contribution in [0.15, 0.2) is 24.3 Å². The zero-order valence-electron chi connectivity index (χ0n) is 11.6. The van der Waals surface area contributed by atoms with E-state index in [9.17, 15) is 0 Å². The predicted octanol–water partition coefficient (Wildman–Crippen LogP) is 1.68. The molecule has 6 nitrogen and oxygen atoms in total. The molecule has 3 N–H and O–H groups in total. The van der Waals surface area contributed by atoms with Gasteiger partial charge in [0.25, 0.3) is 0 Å². The van der Waals surface area contributed by atoms with Gasteiger partial charge in [0.2, 0.25) is 0 Å². The standard InChI is InChI=1S/C14H20N4O2/c1-19-9-10-20-8-4-7-16-14-13(15)17-11-5-2-3-6-12(11)18-14/h2-3,5-6H,4,7-10H2,1H3,(H2,15,17)(H,16,18). The van der Waals surface area contributed by atoms with Crippen LogP contribution in [0.4, 0.5) is 11.6 Å². The van der Waals surface area contributed by atoms with Crippen LogP contribution in [0.3, 0.4) is 0 Å². The van der Waals surface area contributed by atoms with Gasteiger partial charge < -0.3 is 20.5 Å². The minimum atomic E-state index is 0.420. The minimum absolute atomic E-state index is 0.420. The summed E-state index contributed by atoms with van der Waals surface area (Å²) in [6, 6.07) is 7.66. The molecule has 0 aliphatic heterocycles. The van der Waals surface area contributed by atoms with E-state index in [4.69, 9.17) is 15.2 Å². The molecule has 0 bridgehead atoms. The number of anilines is 2. The van der Waals surface area contributed by atoms with Crippen LogP contribution < -0.4 is 11.1 Å². The van der Waals surface area contributed by atoms with Crippen molar-refractivity contribution in [2.24, 2.45) is 0 Å². The van der Waals surface area contributed by atoms with Crippen LogP contribution in [-0.2, 0) is 9.47 Å². The van der Waals surface area contributed by atoms with Crippen LogP contribution in [0.2, 0.25) is 0 Å². The average molecular weight is 276 g/mol. The molecule has 1 heterocycles. The summed E-state index contributed by atoms with van der Waals surface area (Å²) in [6.45, 7) is 2.66. The summed E-state index contributed by atoms with van der Waals surface area (Å²) in [5.41, 5.74) is 7.52. The SMILES string of the molecule is COCCOCCCNc1nc2ccccc2nc1N. The molecule has 0 fully saturated rings. The quantitative estimate of drug-likeness (QED) is 0.714. The van der Waals surface area contributed by atoms with Crippen LogP contribution in [0.5, 0.6) is 0 Å². The molecule has 0 spiro atoms. The van der Waals surface area contributed by atoms with Crippen molar-refractivity contribution in [2.45, 2.75) is 6.42 Å². The molecule has 0 saturated carbocycles. The predicted molar refractivity (Wildman–Crippen MR) is 79.8 cm³/mol. The van der Waals surface area contributed by atoms with Gasteiger partial charge in [-0.3, -0.25) is 0 Å². The fourth-order valence-electron chi connectivity index (χ4n) is 1.77. The molecule has 1 aromatic carbocycles. The first-order valence-electron chi connectivity index (χ1n) is 6.64. The van der Waals surface area contributed by atoms with Crippen molar-refractivity contribution < 1.29 is 9.47 Å². The lowest BCUT2D eigenvalue weighted by molar-refractivity contribution is 0.0705. The fraction of sp³-hybridized carbons (Fsp3) is 0.429. The van der Waals surface area contributed by atoms with Gasteiger partial charge in [0.05, 0.1) is 24.2 Å². The number of hydrogen-bond acceptors (Lipinski definition) is 6. The Kier molecular flexibility index (Phi) is 5.52. The molecular weight excluding hydrogens is 256 g/mol. The van der Waals surface area contributed by atoms with Crippen LogP contribution in [0.25, 0.3) is 11.0 Å². The van der Waals surface area contributed by atoms with E-state index in [2.05, 4.69) is 15.3 Å². The average Bonchev–Trinajstić information content (AvgIpc) is 2.46. The molecule has 0 aliphatic carbocycles. The topological polar surface area (TPSA) is 82.3 Å². The maximum atomic E-state index is 5.88. The molecule has 0 radical (unpaired) electrons. The zero-order valence-corrected chi connectivity index (χ0v) is 11.6. The molecule has 0 amide bonds. The van der Waals surface area contributed by atoms with E-state index in [-0.39, 0.29) is 0 Å². The molecule has 0 aliphatic rings. The van der Waals surface area contributed by atoms with Crippen molar-refractivity contribution in [3.05, 3.63) is 24.3 Å². The molecule has 6 heteroatoms. The van der Waals surface area contributed by atoms with Gasteiger partial charge in [0.1, 0.15) is 0 Å². The fourth-order valence-corrected chi connectivity index (χ4v) is 1.77. The third-order valence-corrected chi connectivity index (χ3v) is 2.79. The van der Waals surface area contributed by atoms with Gasteiger partial charge >= 0.3 is 0 Å². The number of ether oxygens (including phenoxy) is 2. The van der Waals surface area contributed by atoms with Crippen molar-refractivity contribution in [2.75, 3.05) is 44.5 Å². The molecule has 108 valence electrons.